The molecule has 1 aromatic carbocycles. The molecule has 1 atom stereocenters. The normalized spacial score (nSPS) is 12.2. The predicted molar refractivity (Wildman–Crippen MR) is 122 cm³/mol. The molecule has 0 aliphatic heterocycles. The molecule has 1 unspecified atom stereocenters. The van der Waals surface area contributed by atoms with Crippen molar-refractivity contribution < 1.29 is 4.39 Å². The van der Waals surface area contributed by atoms with Gasteiger partial charge < -0.3 is 0 Å². The smallest absolute Gasteiger partial charge is 0.159 e. The van der Waals surface area contributed by atoms with Crippen LogP contribution in [-0.4, -0.2) is 16.1 Å². The van der Waals surface area contributed by atoms with Gasteiger partial charge in [0.05, 0.1) is 6.17 Å². The van der Waals surface area contributed by atoms with Crippen molar-refractivity contribution in [2.24, 2.45) is 0 Å². The van der Waals surface area contributed by atoms with Gasteiger partial charge in [0.15, 0.2) is 5.82 Å². The van der Waals surface area contributed by atoms with Gasteiger partial charge in [-0.15, -0.1) is 0 Å². The molecule has 0 aliphatic rings. The Bertz CT molecular complexity index is 649. The quantitative estimate of drug-likeness (QED) is 0.285. The molecule has 0 fully saturated rings. The maximum atomic E-state index is 12.8. The highest BCUT2D eigenvalue weighted by Gasteiger charge is 2.03. The first-order valence-corrected chi connectivity index (χ1v) is 11.7. The molecule has 0 saturated heterocycles. The van der Waals surface area contributed by atoms with E-state index in [9.17, 15) is 4.39 Å². The van der Waals surface area contributed by atoms with Gasteiger partial charge in [0.1, 0.15) is 0 Å². The van der Waals surface area contributed by atoms with Gasteiger partial charge in [-0.1, -0.05) is 82.6 Å². The molecule has 0 spiro atoms. The zero-order valence-electron chi connectivity index (χ0n) is 18.5. The molecule has 0 saturated carbocycles. The minimum absolute atomic E-state index is 0.643. The van der Waals surface area contributed by atoms with Crippen molar-refractivity contribution in [1.82, 2.24) is 9.97 Å². The Morgan fingerprint density at radius 1 is 0.724 bits per heavy atom. The average Bonchev–Trinajstić information content (AvgIpc) is 2.74. The van der Waals surface area contributed by atoms with Crippen LogP contribution in [0.1, 0.15) is 95.6 Å². The van der Waals surface area contributed by atoms with Gasteiger partial charge in [0, 0.05) is 18.0 Å². The lowest BCUT2D eigenvalue weighted by Crippen LogP contribution is -1.96. The van der Waals surface area contributed by atoms with E-state index < -0.39 is 6.17 Å². The molecule has 1 aromatic heterocycles. The second-order valence-electron chi connectivity index (χ2n) is 8.36. The monoisotopic (exact) mass is 398 g/mol. The van der Waals surface area contributed by atoms with Gasteiger partial charge in [0.2, 0.25) is 0 Å². The molecule has 0 bridgehead atoms. The molecular formula is C26H39FN2. The number of aryl methyl sites for hydroxylation is 2. The van der Waals surface area contributed by atoms with Crippen molar-refractivity contribution in [3.63, 3.8) is 0 Å². The lowest BCUT2D eigenvalue weighted by atomic mass is 10.0. The number of halogens is 1. The first kappa shape index (κ1) is 23.5. The summed E-state index contributed by atoms with van der Waals surface area (Å²) >= 11 is 0. The zero-order chi connectivity index (χ0) is 20.7. The van der Waals surface area contributed by atoms with E-state index in [1.807, 2.05) is 12.4 Å². The maximum absolute atomic E-state index is 12.8. The van der Waals surface area contributed by atoms with Gasteiger partial charge in [-0.2, -0.15) is 0 Å². The fraction of sp³-hybridized carbons (Fsp3) is 0.615. The third-order valence-electron chi connectivity index (χ3n) is 5.55. The summed E-state index contributed by atoms with van der Waals surface area (Å²) in [6, 6.07) is 8.70. The van der Waals surface area contributed by atoms with Crippen LogP contribution >= 0.6 is 0 Å². The van der Waals surface area contributed by atoms with Crippen LogP contribution in [0.25, 0.3) is 11.4 Å². The Kier molecular flexibility index (Phi) is 11.6. The third kappa shape index (κ3) is 10.0. The van der Waals surface area contributed by atoms with Crippen molar-refractivity contribution in [1.29, 1.82) is 0 Å². The molecule has 1 heterocycles. The van der Waals surface area contributed by atoms with Gasteiger partial charge in [-0.3, -0.25) is 0 Å². The summed E-state index contributed by atoms with van der Waals surface area (Å²) in [4.78, 5) is 9.05. The van der Waals surface area contributed by atoms with Crippen LogP contribution in [0.5, 0.6) is 0 Å². The maximum Gasteiger partial charge on any atom is 0.159 e. The third-order valence-corrected chi connectivity index (χ3v) is 5.55. The summed E-state index contributed by atoms with van der Waals surface area (Å²) in [6.45, 7) is 3.89. The summed E-state index contributed by atoms with van der Waals surface area (Å²) in [5.74, 6) is 0.782. The van der Waals surface area contributed by atoms with Crippen molar-refractivity contribution in [2.75, 3.05) is 0 Å². The summed E-state index contributed by atoms with van der Waals surface area (Å²) in [7, 11) is 0. The number of rotatable bonds is 15. The Balaban J connectivity index is 1.68. The Morgan fingerprint density at radius 3 is 1.90 bits per heavy atom. The predicted octanol–water partition coefficient (Wildman–Crippen LogP) is 7.90. The van der Waals surface area contributed by atoms with E-state index in [0.29, 0.717) is 6.42 Å². The molecule has 3 heteroatoms. The molecule has 2 nitrogen and oxygen atoms in total. The van der Waals surface area contributed by atoms with E-state index in [0.717, 1.165) is 42.6 Å². The van der Waals surface area contributed by atoms with Crippen molar-refractivity contribution in [3.8, 4) is 11.4 Å². The number of aromatic nitrogens is 2. The Morgan fingerprint density at radius 2 is 1.28 bits per heavy atom. The molecule has 0 aliphatic carbocycles. The van der Waals surface area contributed by atoms with Crippen LogP contribution in [-0.2, 0) is 12.8 Å². The van der Waals surface area contributed by atoms with E-state index in [4.69, 9.17) is 0 Å². The first-order chi connectivity index (χ1) is 14.2. The number of unbranched alkanes of at least 4 members (excludes halogenated alkanes) is 8. The van der Waals surface area contributed by atoms with Crippen LogP contribution in [0.2, 0.25) is 0 Å². The van der Waals surface area contributed by atoms with Crippen molar-refractivity contribution in [2.45, 2.75) is 103 Å². The van der Waals surface area contributed by atoms with Crippen molar-refractivity contribution >= 4 is 0 Å². The van der Waals surface area contributed by atoms with Crippen LogP contribution < -0.4 is 0 Å². The number of hydrogen-bond acceptors (Lipinski definition) is 2. The van der Waals surface area contributed by atoms with Gasteiger partial charge in [-0.25, -0.2) is 14.4 Å². The van der Waals surface area contributed by atoms with E-state index in [1.165, 1.54) is 56.9 Å². The number of alkyl halides is 1. The second kappa shape index (κ2) is 14.3. The summed E-state index contributed by atoms with van der Waals surface area (Å²) in [5, 5.41) is 0. The van der Waals surface area contributed by atoms with Crippen LogP contribution in [0.4, 0.5) is 4.39 Å². The summed E-state index contributed by atoms with van der Waals surface area (Å²) < 4.78 is 12.8. The van der Waals surface area contributed by atoms with Crippen LogP contribution in [0, 0.1) is 0 Å². The van der Waals surface area contributed by atoms with Gasteiger partial charge in [-0.05, 0) is 50.2 Å². The largest absolute Gasteiger partial charge is 0.248 e. The lowest BCUT2D eigenvalue weighted by molar-refractivity contribution is 0.331. The number of nitrogens with zero attached hydrogens (tertiary/aromatic N) is 2. The molecule has 0 radical (unpaired) electrons. The zero-order valence-corrected chi connectivity index (χ0v) is 18.5. The standard InChI is InChI=1S/C26H39FN2/c1-3-4-5-6-7-8-9-10-14-23-16-18-25(19-17-23)26-28-20-24(21-29-26)15-12-11-13-22(2)27/h16-22H,3-15H2,1-2H3. The Hall–Kier alpha value is -1.77. The highest BCUT2D eigenvalue weighted by molar-refractivity contribution is 5.55. The average molecular weight is 399 g/mol. The molecule has 0 N–H and O–H groups in total. The van der Waals surface area contributed by atoms with E-state index >= 15 is 0 Å². The highest BCUT2D eigenvalue weighted by Crippen LogP contribution is 2.18. The SMILES string of the molecule is CCCCCCCCCCc1ccc(-c2ncc(CCCCC(C)F)cn2)cc1. The molecule has 2 rings (SSSR count). The minimum Gasteiger partial charge on any atom is -0.248 e. The van der Waals surface area contributed by atoms with Crippen LogP contribution in [0.15, 0.2) is 36.7 Å². The lowest BCUT2D eigenvalue weighted by Gasteiger charge is -2.06. The van der Waals surface area contributed by atoms with Crippen LogP contribution in [0.3, 0.4) is 0 Å². The molecular weight excluding hydrogens is 359 g/mol. The number of hydrogen-bond donors (Lipinski definition) is 0. The van der Waals surface area contributed by atoms with Gasteiger partial charge in [0.25, 0.3) is 0 Å². The first-order valence-electron chi connectivity index (χ1n) is 11.7. The summed E-state index contributed by atoms with van der Waals surface area (Å²) in [6.07, 6.45) is 18.6. The fourth-order valence-electron chi connectivity index (χ4n) is 3.67. The molecule has 2 aromatic rings. The van der Waals surface area contributed by atoms with E-state index in [1.54, 1.807) is 6.92 Å². The topological polar surface area (TPSA) is 25.8 Å². The second-order valence-corrected chi connectivity index (χ2v) is 8.36. The highest BCUT2D eigenvalue weighted by atomic mass is 19.1. The Labute approximate surface area is 177 Å². The van der Waals surface area contributed by atoms with E-state index in [-0.39, 0.29) is 0 Å². The molecule has 160 valence electrons. The fourth-order valence-corrected chi connectivity index (χ4v) is 3.67. The van der Waals surface area contributed by atoms with E-state index in [2.05, 4.69) is 41.2 Å². The molecule has 0 amide bonds. The number of benzene rings is 1. The molecule has 29 heavy (non-hydrogen) atoms. The van der Waals surface area contributed by atoms with Crippen molar-refractivity contribution in [3.05, 3.63) is 47.8 Å². The van der Waals surface area contributed by atoms with Gasteiger partial charge >= 0.3 is 0 Å². The summed E-state index contributed by atoms with van der Waals surface area (Å²) in [5.41, 5.74) is 3.60. The minimum atomic E-state index is -0.702.